The van der Waals surface area contributed by atoms with Crippen molar-refractivity contribution in [2.45, 2.75) is 12.5 Å². The minimum absolute atomic E-state index is 0. The Morgan fingerprint density at radius 2 is 2.00 bits per heavy atom. The third kappa shape index (κ3) is 4.20. The first-order chi connectivity index (χ1) is 8.83. The molecule has 0 aromatic heterocycles. The molecule has 0 bridgehead atoms. The number of carbonyl (C=O) groups excluding carboxylic acids is 1. The van der Waals surface area contributed by atoms with E-state index in [2.05, 4.69) is 5.32 Å². The molecule has 0 saturated carbocycles. The fraction of sp³-hybridized carbons (Fsp3) is 0.500. The third-order valence-electron chi connectivity index (χ3n) is 3.21. The number of rotatable bonds is 3. The van der Waals surface area contributed by atoms with E-state index >= 15 is 0 Å². The molecule has 1 unspecified atom stereocenters. The molecular formula is C14H21ClN2O2. The lowest BCUT2D eigenvalue weighted by Gasteiger charge is -2.25. The summed E-state index contributed by atoms with van der Waals surface area (Å²) in [4.78, 5) is 14.3. The van der Waals surface area contributed by atoms with Crippen LogP contribution in [0.5, 0.6) is 0 Å². The van der Waals surface area contributed by atoms with E-state index < -0.39 is 6.10 Å². The first kappa shape index (κ1) is 16.0. The summed E-state index contributed by atoms with van der Waals surface area (Å²) in [6, 6.07) is 9.66. The molecule has 1 N–H and O–H groups in total. The number of halogens is 1. The molecule has 5 heteroatoms. The van der Waals surface area contributed by atoms with Crippen LogP contribution in [0.4, 0.5) is 0 Å². The lowest BCUT2D eigenvalue weighted by atomic mass is 10.1. The van der Waals surface area contributed by atoms with Crippen LogP contribution in [0.3, 0.4) is 0 Å². The highest BCUT2D eigenvalue weighted by Gasteiger charge is 2.25. The maximum absolute atomic E-state index is 12.5. The molecule has 1 aliphatic rings. The van der Waals surface area contributed by atoms with E-state index in [-0.39, 0.29) is 18.3 Å². The summed E-state index contributed by atoms with van der Waals surface area (Å²) in [6.45, 7) is 3.40. The standard InChI is InChI=1S/C14H20N2O2.ClH/c1-18-13(12-6-3-2-4-7-12)14(17)16-10-5-8-15-9-11-16;/h2-4,6-7,13,15H,5,8-11H2,1H3;1H. The Balaban J connectivity index is 0.00000180. The zero-order valence-corrected chi connectivity index (χ0v) is 12.0. The van der Waals surface area contributed by atoms with Gasteiger partial charge in [-0.2, -0.15) is 0 Å². The quantitative estimate of drug-likeness (QED) is 0.917. The van der Waals surface area contributed by atoms with Crippen molar-refractivity contribution in [3.63, 3.8) is 0 Å². The molecular weight excluding hydrogens is 264 g/mol. The summed E-state index contributed by atoms with van der Waals surface area (Å²) in [7, 11) is 1.59. The number of hydrogen-bond acceptors (Lipinski definition) is 3. The summed E-state index contributed by atoms with van der Waals surface area (Å²) < 4.78 is 5.38. The predicted molar refractivity (Wildman–Crippen MR) is 77.5 cm³/mol. The summed E-state index contributed by atoms with van der Waals surface area (Å²) in [5.74, 6) is 0.0624. The van der Waals surface area contributed by atoms with E-state index in [1.54, 1.807) is 7.11 Å². The Morgan fingerprint density at radius 3 is 2.68 bits per heavy atom. The molecule has 106 valence electrons. The van der Waals surface area contributed by atoms with Gasteiger partial charge in [-0.3, -0.25) is 4.79 Å². The Kier molecular flexibility index (Phi) is 6.84. The smallest absolute Gasteiger partial charge is 0.256 e. The van der Waals surface area contributed by atoms with Crippen LogP contribution in [-0.2, 0) is 9.53 Å². The average molecular weight is 285 g/mol. The van der Waals surface area contributed by atoms with Gasteiger partial charge in [0.25, 0.3) is 5.91 Å². The van der Waals surface area contributed by atoms with E-state index in [1.165, 1.54) is 0 Å². The van der Waals surface area contributed by atoms with E-state index in [0.717, 1.165) is 38.2 Å². The van der Waals surface area contributed by atoms with Crippen molar-refractivity contribution in [1.29, 1.82) is 0 Å². The number of benzene rings is 1. The van der Waals surface area contributed by atoms with Crippen LogP contribution in [0.25, 0.3) is 0 Å². The maximum Gasteiger partial charge on any atom is 0.256 e. The van der Waals surface area contributed by atoms with Crippen molar-refractivity contribution in [3.05, 3.63) is 35.9 Å². The van der Waals surface area contributed by atoms with Crippen LogP contribution in [0.15, 0.2) is 30.3 Å². The molecule has 1 aromatic rings. The van der Waals surface area contributed by atoms with Gasteiger partial charge in [0.15, 0.2) is 6.10 Å². The number of amides is 1. The predicted octanol–water partition coefficient (Wildman–Crippen LogP) is 1.62. The van der Waals surface area contributed by atoms with Gasteiger partial charge in [-0.05, 0) is 18.5 Å². The monoisotopic (exact) mass is 284 g/mol. The van der Waals surface area contributed by atoms with Crippen LogP contribution in [-0.4, -0.2) is 44.1 Å². The minimum Gasteiger partial charge on any atom is -0.367 e. The van der Waals surface area contributed by atoms with Gasteiger partial charge in [0.2, 0.25) is 0 Å². The zero-order valence-electron chi connectivity index (χ0n) is 11.2. The molecule has 1 aliphatic heterocycles. The highest BCUT2D eigenvalue weighted by molar-refractivity contribution is 5.85. The number of ether oxygens (including phenoxy) is 1. The summed E-state index contributed by atoms with van der Waals surface area (Å²) in [5, 5.41) is 3.29. The molecule has 1 heterocycles. The molecule has 1 amide bonds. The second-order valence-electron chi connectivity index (χ2n) is 4.46. The SMILES string of the molecule is COC(C(=O)N1CCCNCC1)c1ccccc1.Cl. The second-order valence-corrected chi connectivity index (χ2v) is 4.46. The average Bonchev–Trinajstić information content (AvgIpc) is 2.69. The van der Waals surface area contributed by atoms with Crippen molar-refractivity contribution in [3.8, 4) is 0 Å². The topological polar surface area (TPSA) is 41.6 Å². The molecule has 1 atom stereocenters. The Bertz CT molecular complexity index is 378. The van der Waals surface area contributed by atoms with Crippen LogP contribution < -0.4 is 5.32 Å². The zero-order chi connectivity index (χ0) is 12.8. The molecule has 0 radical (unpaired) electrons. The van der Waals surface area contributed by atoms with Crippen LogP contribution in [0, 0.1) is 0 Å². The number of nitrogens with zero attached hydrogens (tertiary/aromatic N) is 1. The van der Waals surface area contributed by atoms with Crippen molar-refractivity contribution in [1.82, 2.24) is 10.2 Å². The van der Waals surface area contributed by atoms with Crippen molar-refractivity contribution < 1.29 is 9.53 Å². The van der Waals surface area contributed by atoms with Gasteiger partial charge in [0.1, 0.15) is 0 Å². The molecule has 1 fully saturated rings. The van der Waals surface area contributed by atoms with Gasteiger partial charge in [0, 0.05) is 26.7 Å². The van der Waals surface area contributed by atoms with E-state index in [1.807, 2.05) is 35.2 Å². The second kappa shape index (κ2) is 8.15. The fourth-order valence-corrected chi connectivity index (χ4v) is 2.24. The van der Waals surface area contributed by atoms with Crippen LogP contribution >= 0.6 is 12.4 Å². The molecule has 1 saturated heterocycles. The number of carbonyl (C=O) groups is 1. The summed E-state index contributed by atoms with van der Waals surface area (Å²) in [6.07, 6.45) is 0.515. The van der Waals surface area contributed by atoms with Crippen molar-refractivity contribution in [2.24, 2.45) is 0 Å². The first-order valence-electron chi connectivity index (χ1n) is 6.40. The van der Waals surface area contributed by atoms with Gasteiger partial charge in [-0.1, -0.05) is 30.3 Å². The van der Waals surface area contributed by atoms with E-state index in [0.29, 0.717) is 0 Å². The van der Waals surface area contributed by atoms with Gasteiger partial charge in [-0.25, -0.2) is 0 Å². The highest BCUT2D eigenvalue weighted by atomic mass is 35.5. The third-order valence-corrected chi connectivity index (χ3v) is 3.21. The molecule has 4 nitrogen and oxygen atoms in total. The van der Waals surface area contributed by atoms with Gasteiger partial charge in [-0.15, -0.1) is 12.4 Å². The van der Waals surface area contributed by atoms with Crippen molar-refractivity contribution >= 4 is 18.3 Å². The summed E-state index contributed by atoms with van der Waals surface area (Å²) in [5.41, 5.74) is 0.919. The Labute approximate surface area is 120 Å². The highest BCUT2D eigenvalue weighted by Crippen LogP contribution is 2.19. The van der Waals surface area contributed by atoms with E-state index in [4.69, 9.17) is 4.74 Å². The Hall–Kier alpha value is -1.10. The number of methoxy groups -OCH3 is 1. The maximum atomic E-state index is 12.5. The first-order valence-corrected chi connectivity index (χ1v) is 6.40. The lowest BCUT2D eigenvalue weighted by molar-refractivity contribution is -0.142. The van der Waals surface area contributed by atoms with Gasteiger partial charge >= 0.3 is 0 Å². The molecule has 2 rings (SSSR count). The van der Waals surface area contributed by atoms with Crippen LogP contribution in [0.1, 0.15) is 18.1 Å². The number of hydrogen-bond donors (Lipinski definition) is 1. The fourth-order valence-electron chi connectivity index (χ4n) is 2.24. The summed E-state index contributed by atoms with van der Waals surface area (Å²) >= 11 is 0. The molecule has 0 aliphatic carbocycles. The lowest BCUT2D eigenvalue weighted by Crippen LogP contribution is -2.38. The van der Waals surface area contributed by atoms with Gasteiger partial charge in [0.05, 0.1) is 0 Å². The Morgan fingerprint density at radius 1 is 1.26 bits per heavy atom. The normalized spacial score (nSPS) is 17.2. The molecule has 19 heavy (non-hydrogen) atoms. The largest absolute Gasteiger partial charge is 0.367 e. The van der Waals surface area contributed by atoms with Crippen molar-refractivity contribution in [2.75, 3.05) is 33.3 Å². The molecule has 0 spiro atoms. The minimum atomic E-state index is -0.482. The molecule has 1 aromatic carbocycles. The van der Waals surface area contributed by atoms with E-state index in [9.17, 15) is 4.79 Å². The van der Waals surface area contributed by atoms with Gasteiger partial charge < -0.3 is 15.0 Å². The van der Waals surface area contributed by atoms with Crippen LogP contribution in [0.2, 0.25) is 0 Å². The number of nitrogens with one attached hydrogen (secondary N) is 1.